The summed E-state index contributed by atoms with van der Waals surface area (Å²) in [6.45, 7) is 1.96. The number of methoxy groups -OCH3 is 2. The highest BCUT2D eigenvalue weighted by atomic mass is 35.5. The summed E-state index contributed by atoms with van der Waals surface area (Å²) in [5.41, 5.74) is 2.23. The number of hydrogen-bond acceptors (Lipinski definition) is 5. The van der Waals surface area contributed by atoms with E-state index in [-0.39, 0.29) is 5.91 Å². The van der Waals surface area contributed by atoms with Crippen LogP contribution in [0.25, 0.3) is 10.2 Å². The average molecular weight is 363 g/mol. The molecule has 1 heterocycles. The Morgan fingerprint density at radius 1 is 1.17 bits per heavy atom. The van der Waals surface area contributed by atoms with Gasteiger partial charge in [0.1, 0.15) is 11.5 Å². The van der Waals surface area contributed by atoms with Gasteiger partial charge in [-0.25, -0.2) is 4.98 Å². The van der Waals surface area contributed by atoms with Crippen molar-refractivity contribution >= 4 is 44.2 Å². The van der Waals surface area contributed by atoms with Crippen LogP contribution >= 0.6 is 22.9 Å². The number of carbonyl (C=O) groups is 1. The first-order valence-corrected chi connectivity index (χ1v) is 8.31. The van der Waals surface area contributed by atoms with Gasteiger partial charge in [-0.2, -0.15) is 0 Å². The van der Waals surface area contributed by atoms with Crippen LogP contribution in [0.15, 0.2) is 30.3 Å². The van der Waals surface area contributed by atoms with Gasteiger partial charge >= 0.3 is 0 Å². The van der Waals surface area contributed by atoms with Gasteiger partial charge in [-0.05, 0) is 30.7 Å². The lowest BCUT2D eigenvalue weighted by molar-refractivity contribution is 0.102. The van der Waals surface area contributed by atoms with Gasteiger partial charge in [0.25, 0.3) is 5.91 Å². The van der Waals surface area contributed by atoms with Crippen molar-refractivity contribution in [3.05, 3.63) is 46.5 Å². The molecule has 0 spiro atoms. The van der Waals surface area contributed by atoms with Gasteiger partial charge in [-0.1, -0.05) is 29.0 Å². The number of rotatable bonds is 4. The second-order valence-corrected chi connectivity index (χ2v) is 6.52. The molecule has 2 aromatic carbocycles. The summed E-state index contributed by atoms with van der Waals surface area (Å²) >= 11 is 7.54. The number of nitrogens with one attached hydrogen (secondary N) is 1. The van der Waals surface area contributed by atoms with Crippen LogP contribution in [0.4, 0.5) is 5.13 Å². The summed E-state index contributed by atoms with van der Waals surface area (Å²) in [5, 5.41) is 3.92. The number of halogens is 1. The third-order valence-corrected chi connectivity index (χ3v) is 4.96. The number of aromatic nitrogens is 1. The van der Waals surface area contributed by atoms with Crippen molar-refractivity contribution in [2.24, 2.45) is 0 Å². The normalized spacial score (nSPS) is 10.7. The first kappa shape index (κ1) is 16.5. The molecule has 0 unspecified atom stereocenters. The minimum atomic E-state index is -0.292. The van der Waals surface area contributed by atoms with E-state index in [1.807, 2.05) is 19.1 Å². The molecule has 7 heteroatoms. The molecule has 0 bridgehead atoms. The van der Waals surface area contributed by atoms with E-state index >= 15 is 0 Å². The molecule has 0 atom stereocenters. The summed E-state index contributed by atoms with van der Waals surface area (Å²) in [5.74, 6) is 0.797. The lowest BCUT2D eigenvalue weighted by atomic mass is 10.2. The fourth-order valence-corrected chi connectivity index (χ4v) is 3.47. The number of benzene rings is 2. The zero-order chi connectivity index (χ0) is 17.3. The van der Waals surface area contributed by atoms with Crippen LogP contribution in [0.5, 0.6) is 11.5 Å². The molecule has 24 heavy (non-hydrogen) atoms. The van der Waals surface area contributed by atoms with E-state index in [9.17, 15) is 4.79 Å². The van der Waals surface area contributed by atoms with Crippen LogP contribution in [0.2, 0.25) is 5.02 Å². The molecule has 1 N–H and O–H groups in total. The van der Waals surface area contributed by atoms with Crippen molar-refractivity contribution in [1.29, 1.82) is 0 Å². The Labute approximate surface area is 148 Å². The Bertz CT molecular complexity index is 862. The number of anilines is 1. The van der Waals surface area contributed by atoms with Crippen LogP contribution in [0.3, 0.4) is 0 Å². The standard InChI is InChI=1S/C17H15ClN2O3S/c1-9-4-5-13(18)15-14(9)19-17(24-15)20-16(21)10-6-11(22-2)8-12(7-10)23-3/h4-8H,1-3H3,(H,19,20,21). The van der Waals surface area contributed by atoms with E-state index < -0.39 is 0 Å². The fourth-order valence-electron chi connectivity index (χ4n) is 2.26. The SMILES string of the molecule is COc1cc(OC)cc(C(=O)Nc2nc3c(C)ccc(Cl)c3s2)c1. The molecular formula is C17H15ClN2O3S. The molecule has 1 aromatic heterocycles. The van der Waals surface area contributed by atoms with Crippen molar-refractivity contribution < 1.29 is 14.3 Å². The zero-order valence-electron chi connectivity index (χ0n) is 13.3. The number of nitrogens with zero attached hydrogens (tertiary/aromatic N) is 1. The summed E-state index contributed by atoms with van der Waals surface area (Å²) < 4.78 is 11.2. The highest BCUT2D eigenvalue weighted by Crippen LogP contribution is 2.34. The number of carbonyl (C=O) groups excluding carboxylic acids is 1. The third-order valence-electron chi connectivity index (χ3n) is 3.53. The van der Waals surface area contributed by atoms with Gasteiger partial charge in [0.05, 0.1) is 29.5 Å². The van der Waals surface area contributed by atoms with Gasteiger partial charge in [0.2, 0.25) is 0 Å². The first-order chi connectivity index (χ1) is 11.5. The summed E-state index contributed by atoms with van der Waals surface area (Å²) in [7, 11) is 3.07. The number of thiazole rings is 1. The molecule has 0 aliphatic heterocycles. The van der Waals surface area contributed by atoms with Gasteiger partial charge in [-0.15, -0.1) is 0 Å². The molecule has 0 saturated carbocycles. The third kappa shape index (κ3) is 3.16. The molecular weight excluding hydrogens is 348 g/mol. The maximum Gasteiger partial charge on any atom is 0.257 e. The molecule has 0 fully saturated rings. The summed E-state index contributed by atoms with van der Waals surface area (Å²) in [6, 6.07) is 8.73. The number of amides is 1. The lowest BCUT2D eigenvalue weighted by Gasteiger charge is -2.07. The minimum Gasteiger partial charge on any atom is -0.497 e. The van der Waals surface area contributed by atoms with Crippen molar-refractivity contribution in [2.45, 2.75) is 6.92 Å². The Morgan fingerprint density at radius 3 is 2.42 bits per heavy atom. The highest BCUT2D eigenvalue weighted by Gasteiger charge is 2.14. The Balaban J connectivity index is 1.92. The maximum absolute atomic E-state index is 12.5. The predicted molar refractivity (Wildman–Crippen MR) is 96.9 cm³/mol. The smallest absolute Gasteiger partial charge is 0.257 e. The molecule has 3 aromatic rings. The number of aryl methyl sites for hydroxylation is 1. The zero-order valence-corrected chi connectivity index (χ0v) is 14.9. The molecule has 3 rings (SSSR count). The van der Waals surface area contributed by atoms with Gasteiger partial charge in [-0.3, -0.25) is 10.1 Å². The van der Waals surface area contributed by atoms with E-state index in [0.29, 0.717) is 27.2 Å². The van der Waals surface area contributed by atoms with Crippen LogP contribution in [0.1, 0.15) is 15.9 Å². The molecule has 0 aliphatic rings. The second-order valence-electron chi connectivity index (χ2n) is 5.12. The van der Waals surface area contributed by atoms with Gasteiger partial charge in [0, 0.05) is 11.6 Å². The summed E-state index contributed by atoms with van der Waals surface area (Å²) in [6.07, 6.45) is 0. The topological polar surface area (TPSA) is 60.5 Å². The van der Waals surface area contributed by atoms with Crippen LogP contribution < -0.4 is 14.8 Å². The lowest BCUT2D eigenvalue weighted by Crippen LogP contribution is -2.12. The van der Waals surface area contributed by atoms with E-state index in [0.717, 1.165) is 15.8 Å². The van der Waals surface area contributed by atoms with Crippen LogP contribution in [-0.2, 0) is 0 Å². The quantitative estimate of drug-likeness (QED) is 0.740. The van der Waals surface area contributed by atoms with Crippen molar-refractivity contribution in [1.82, 2.24) is 4.98 Å². The molecule has 5 nitrogen and oxygen atoms in total. The Hall–Kier alpha value is -2.31. The minimum absolute atomic E-state index is 0.292. The monoisotopic (exact) mass is 362 g/mol. The van der Waals surface area contributed by atoms with Crippen LogP contribution in [-0.4, -0.2) is 25.1 Å². The highest BCUT2D eigenvalue weighted by molar-refractivity contribution is 7.23. The van der Waals surface area contributed by atoms with E-state index in [1.165, 1.54) is 25.6 Å². The molecule has 1 amide bonds. The number of ether oxygens (including phenoxy) is 2. The first-order valence-electron chi connectivity index (χ1n) is 7.12. The van der Waals surface area contributed by atoms with Crippen molar-refractivity contribution in [3.8, 4) is 11.5 Å². The largest absolute Gasteiger partial charge is 0.497 e. The van der Waals surface area contributed by atoms with Gasteiger partial charge < -0.3 is 9.47 Å². The number of fused-ring (bicyclic) bond motifs is 1. The molecule has 124 valence electrons. The molecule has 0 aliphatic carbocycles. The molecule has 0 saturated heterocycles. The fraction of sp³-hybridized carbons (Fsp3) is 0.176. The van der Waals surface area contributed by atoms with Crippen LogP contribution in [0, 0.1) is 6.92 Å². The Kier molecular flexibility index (Phi) is 4.59. The average Bonchev–Trinajstić information content (AvgIpc) is 3.02. The maximum atomic E-state index is 12.5. The summed E-state index contributed by atoms with van der Waals surface area (Å²) in [4.78, 5) is 17.0. The van der Waals surface area contributed by atoms with Crippen molar-refractivity contribution in [2.75, 3.05) is 19.5 Å². The van der Waals surface area contributed by atoms with E-state index in [2.05, 4.69) is 10.3 Å². The van der Waals surface area contributed by atoms with E-state index in [4.69, 9.17) is 21.1 Å². The van der Waals surface area contributed by atoms with Gasteiger partial charge in [0.15, 0.2) is 5.13 Å². The Morgan fingerprint density at radius 2 is 1.83 bits per heavy atom. The second kappa shape index (κ2) is 6.67. The van der Waals surface area contributed by atoms with E-state index in [1.54, 1.807) is 18.2 Å². The predicted octanol–water partition coefficient (Wildman–Crippen LogP) is 4.53. The molecule has 0 radical (unpaired) electrons. The number of hydrogen-bond donors (Lipinski definition) is 1. The van der Waals surface area contributed by atoms with Crippen molar-refractivity contribution in [3.63, 3.8) is 0 Å².